The number of carbonyl (C=O) groups is 2. The van der Waals surface area contributed by atoms with Crippen LogP contribution in [0, 0.1) is 0 Å². The van der Waals surface area contributed by atoms with E-state index in [-0.39, 0.29) is 18.2 Å². The molecule has 1 heterocycles. The molecule has 1 aromatic heterocycles. The molecule has 0 radical (unpaired) electrons. The fourth-order valence-electron chi connectivity index (χ4n) is 3.16. The summed E-state index contributed by atoms with van der Waals surface area (Å²) in [5.74, 6) is 1.40. The molecule has 0 aliphatic heterocycles. The Balaban J connectivity index is 1.20. The highest BCUT2D eigenvalue weighted by molar-refractivity contribution is 7.15. The minimum Gasteiger partial charge on any atom is -0.497 e. The van der Waals surface area contributed by atoms with Gasteiger partial charge in [0.05, 0.1) is 19.7 Å². The SMILES string of the molecule is COc1ccc(C(=O)Nc2nnc(CC(=O)N/N=C\c3cccc(OCCOc4ccccc4)c3)s2)cc1. The van der Waals surface area contributed by atoms with Crippen LogP contribution in [0.2, 0.25) is 0 Å². The summed E-state index contributed by atoms with van der Waals surface area (Å²) in [6, 6.07) is 23.5. The number of benzene rings is 3. The number of ether oxygens (including phenoxy) is 3. The van der Waals surface area contributed by atoms with Crippen LogP contribution in [-0.4, -0.2) is 48.5 Å². The molecule has 2 N–H and O–H groups in total. The summed E-state index contributed by atoms with van der Waals surface area (Å²) < 4.78 is 16.4. The van der Waals surface area contributed by atoms with E-state index in [1.165, 1.54) is 6.21 Å². The number of carbonyl (C=O) groups excluding carboxylic acids is 2. The predicted molar refractivity (Wildman–Crippen MR) is 144 cm³/mol. The lowest BCUT2D eigenvalue weighted by Crippen LogP contribution is -2.19. The van der Waals surface area contributed by atoms with Crippen LogP contribution in [0.5, 0.6) is 17.2 Å². The van der Waals surface area contributed by atoms with Gasteiger partial charge in [0, 0.05) is 5.56 Å². The molecule has 0 atom stereocenters. The van der Waals surface area contributed by atoms with E-state index in [2.05, 4.69) is 26.0 Å². The highest BCUT2D eigenvalue weighted by Gasteiger charge is 2.12. The van der Waals surface area contributed by atoms with E-state index in [1.807, 2.05) is 48.5 Å². The van der Waals surface area contributed by atoms with Crippen LogP contribution in [0.25, 0.3) is 0 Å². The number of hydrogen-bond acceptors (Lipinski definition) is 9. The minimum absolute atomic E-state index is 0.0298. The molecule has 194 valence electrons. The molecule has 0 fully saturated rings. The molecule has 0 bridgehead atoms. The van der Waals surface area contributed by atoms with Crippen molar-refractivity contribution in [2.24, 2.45) is 5.10 Å². The van der Waals surface area contributed by atoms with Gasteiger partial charge in [-0.15, -0.1) is 10.2 Å². The maximum Gasteiger partial charge on any atom is 0.257 e. The predicted octanol–water partition coefficient (Wildman–Crippen LogP) is 3.95. The van der Waals surface area contributed by atoms with Crippen molar-refractivity contribution in [1.82, 2.24) is 15.6 Å². The molecule has 0 saturated carbocycles. The van der Waals surface area contributed by atoms with E-state index in [9.17, 15) is 9.59 Å². The van der Waals surface area contributed by atoms with Crippen molar-refractivity contribution in [3.63, 3.8) is 0 Å². The summed E-state index contributed by atoms with van der Waals surface area (Å²) in [7, 11) is 1.55. The maximum absolute atomic E-state index is 12.4. The third kappa shape index (κ3) is 8.14. The molecule has 0 spiro atoms. The number of anilines is 1. The van der Waals surface area contributed by atoms with Gasteiger partial charge in [-0.25, -0.2) is 5.43 Å². The largest absolute Gasteiger partial charge is 0.497 e. The monoisotopic (exact) mass is 531 g/mol. The Hall–Kier alpha value is -4.77. The molecule has 2 amide bonds. The Labute approximate surface area is 223 Å². The molecule has 3 aromatic carbocycles. The molecule has 10 nitrogen and oxygen atoms in total. The molecule has 4 rings (SSSR count). The third-order valence-corrected chi connectivity index (χ3v) is 5.81. The molecule has 0 aliphatic rings. The van der Waals surface area contributed by atoms with E-state index in [1.54, 1.807) is 37.4 Å². The first-order valence-corrected chi connectivity index (χ1v) is 12.4. The van der Waals surface area contributed by atoms with Crippen molar-refractivity contribution in [2.45, 2.75) is 6.42 Å². The highest BCUT2D eigenvalue weighted by atomic mass is 32.1. The quantitative estimate of drug-likeness (QED) is 0.161. The zero-order chi connectivity index (χ0) is 26.6. The van der Waals surface area contributed by atoms with Gasteiger partial charge in [-0.05, 0) is 54.1 Å². The average molecular weight is 532 g/mol. The van der Waals surface area contributed by atoms with Gasteiger partial charge in [-0.3, -0.25) is 14.9 Å². The van der Waals surface area contributed by atoms with Crippen LogP contribution < -0.4 is 25.0 Å². The van der Waals surface area contributed by atoms with Crippen LogP contribution >= 0.6 is 11.3 Å². The number of nitrogens with zero attached hydrogens (tertiary/aromatic N) is 3. The molecule has 0 saturated heterocycles. The van der Waals surface area contributed by atoms with Crippen molar-refractivity contribution in [2.75, 3.05) is 25.6 Å². The lowest BCUT2D eigenvalue weighted by molar-refractivity contribution is -0.120. The third-order valence-electron chi connectivity index (χ3n) is 4.98. The number of methoxy groups -OCH3 is 1. The van der Waals surface area contributed by atoms with Crippen molar-refractivity contribution in [3.05, 3.63) is 95.0 Å². The minimum atomic E-state index is -0.365. The van der Waals surface area contributed by atoms with Crippen molar-refractivity contribution < 1.29 is 23.8 Å². The Morgan fingerprint density at radius 1 is 0.895 bits per heavy atom. The van der Waals surface area contributed by atoms with Crippen LogP contribution in [0.15, 0.2) is 84.0 Å². The number of rotatable bonds is 12. The van der Waals surface area contributed by atoms with Crippen molar-refractivity contribution in [3.8, 4) is 17.2 Å². The lowest BCUT2D eigenvalue weighted by atomic mass is 10.2. The standard InChI is InChI=1S/C27H25N5O5S/c1-35-21-12-10-20(11-13-21)26(34)29-27-32-31-25(38-27)17-24(33)30-28-18-19-6-5-9-23(16-19)37-15-14-36-22-7-3-2-4-8-22/h2-13,16,18H,14-15,17H2,1H3,(H,30,33)(H,29,32,34)/b28-18-. The van der Waals surface area contributed by atoms with Gasteiger partial charge in [0.15, 0.2) is 0 Å². The molecular formula is C27H25N5O5S. The van der Waals surface area contributed by atoms with Gasteiger partial charge >= 0.3 is 0 Å². The second kappa shape index (κ2) is 13.5. The van der Waals surface area contributed by atoms with Gasteiger partial charge in [0.1, 0.15) is 35.5 Å². The van der Waals surface area contributed by atoms with Gasteiger partial charge in [0.2, 0.25) is 11.0 Å². The molecular weight excluding hydrogens is 506 g/mol. The molecule has 0 aliphatic carbocycles. The van der Waals surface area contributed by atoms with Crippen LogP contribution in [0.3, 0.4) is 0 Å². The zero-order valence-corrected chi connectivity index (χ0v) is 21.3. The van der Waals surface area contributed by atoms with Gasteiger partial charge in [0.25, 0.3) is 5.91 Å². The van der Waals surface area contributed by atoms with Crippen LogP contribution in [-0.2, 0) is 11.2 Å². The summed E-state index contributed by atoms with van der Waals surface area (Å²) in [5, 5.41) is 15.3. The molecule has 0 unspecified atom stereocenters. The van der Waals surface area contributed by atoms with E-state index < -0.39 is 0 Å². The Morgan fingerprint density at radius 3 is 2.39 bits per heavy atom. The molecule has 38 heavy (non-hydrogen) atoms. The smallest absolute Gasteiger partial charge is 0.257 e. The lowest BCUT2D eigenvalue weighted by Gasteiger charge is -2.08. The number of aromatic nitrogens is 2. The van der Waals surface area contributed by atoms with E-state index in [0.29, 0.717) is 40.4 Å². The van der Waals surface area contributed by atoms with E-state index >= 15 is 0 Å². The number of para-hydroxylation sites is 1. The van der Waals surface area contributed by atoms with Gasteiger partial charge in [-0.1, -0.05) is 41.7 Å². The summed E-state index contributed by atoms with van der Waals surface area (Å²) in [4.78, 5) is 24.6. The maximum atomic E-state index is 12.4. The number of amides is 2. The van der Waals surface area contributed by atoms with Gasteiger partial charge in [-0.2, -0.15) is 5.10 Å². The normalized spacial score (nSPS) is 10.7. The Bertz CT molecular complexity index is 1380. The number of nitrogens with one attached hydrogen (secondary N) is 2. The fraction of sp³-hybridized carbons (Fsp3) is 0.148. The summed E-state index contributed by atoms with van der Waals surface area (Å²) in [5.41, 5.74) is 3.67. The molecule has 4 aromatic rings. The number of hydrazone groups is 1. The van der Waals surface area contributed by atoms with E-state index in [4.69, 9.17) is 14.2 Å². The summed E-state index contributed by atoms with van der Waals surface area (Å²) >= 11 is 1.11. The first-order chi connectivity index (χ1) is 18.6. The highest BCUT2D eigenvalue weighted by Crippen LogP contribution is 2.18. The Kier molecular flexibility index (Phi) is 9.35. The fourth-order valence-corrected chi connectivity index (χ4v) is 3.90. The van der Waals surface area contributed by atoms with Crippen LogP contribution in [0.4, 0.5) is 5.13 Å². The zero-order valence-electron chi connectivity index (χ0n) is 20.5. The second-order valence-electron chi connectivity index (χ2n) is 7.74. The van der Waals surface area contributed by atoms with Crippen molar-refractivity contribution in [1.29, 1.82) is 0 Å². The van der Waals surface area contributed by atoms with Crippen LogP contribution in [0.1, 0.15) is 20.9 Å². The first kappa shape index (κ1) is 26.3. The average Bonchev–Trinajstić information content (AvgIpc) is 3.38. The van der Waals surface area contributed by atoms with Gasteiger partial charge < -0.3 is 14.2 Å². The van der Waals surface area contributed by atoms with Crippen molar-refractivity contribution >= 4 is 34.5 Å². The summed E-state index contributed by atoms with van der Waals surface area (Å²) in [6.45, 7) is 0.799. The Morgan fingerprint density at radius 2 is 1.63 bits per heavy atom. The number of hydrogen-bond donors (Lipinski definition) is 2. The van der Waals surface area contributed by atoms with E-state index in [0.717, 1.165) is 22.6 Å². The summed E-state index contributed by atoms with van der Waals surface area (Å²) in [6.07, 6.45) is 1.49. The topological polar surface area (TPSA) is 124 Å². The molecule has 11 heteroatoms. The first-order valence-electron chi connectivity index (χ1n) is 11.6. The second-order valence-corrected chi connectivity index (χ2v) is 8.80.